The zero-order valence-electron chi connectivity index (χ0n) is 6.85. The lowest BCUT2D eigenvalue weighted by Crippen LogP contribution is -2.29. The first kappa shape index (κ1) is 9.59. The van der Waals surface area contributed by atoms with Crippen molar-refractivity contribution < 1.29 is 4.79 Å². The molecule has 1 amide bonds. The third kappa shape index (κ3) is 3.33. The van der Waals surface area contributed by atoms with Gasteiger partial charge in [-0.2, -0.15) is 0 Å². The Balaban J connectivity index is 4.12. The van der Waals surface area contributed by atoms with E-state index in [1.807, 2.05) is 6.92 Å². The van der Waals surface area contributed by atoms with Crippen molar-refractivity contribution in [2.45, 2.75) is 13.8 Å². The largest absolute Gasteiger partial charge is 0.321 e. The van der Waals surface area contributed by atoms with Crippen molar-refractivity contribution in [1.29, 1.82) is 0 Å². The monoisotopic (exact) mass is 149 g/mol. The van der Waals surface area contributed by atoms with Crippen molar-refractivity contribution in [3.63, 3.8) is 0 Å². The number of rotatable bonds is 2. The van der Waals surface area contributed by atoms with Gasteiger partial charge in [0.05, 0.1) is 6.54 Å². The summed E-state index contributed by atoms with van der Waals surface area (Å²) in [5, 5.41) is 0. The molecule has 0 radical (unpaired) electrons. The van der Waals surface area contributed by atoms with E-state index in [9.17, 15) is 4.79 Å². The van der Waals surface area contributed by atoms with Crippen molar-refractivity contribution in [3.05, 3.63) is 0 Å². The average molecular weight is 149 g/mol. The van der Waals surface area contributed by atoms with Gasteiger partial charge in [0.2, 0.25) is 0 Å². The fourth-order valence-electron chi connectivity index (χ4n) is 0.623. The number of nitrogens with zero attached hydrogens (tertiary/aromatic N) is 1. The lowest BCUT2D eigenvalue weighted by molar-refractivity contribution is -0.124. The van der Waals surface area contributed by atoms with Gasteiger partial charge in [-0.3, -0.25) is 4.79 Å². The van der Waals surface area contributed by atoms with E-state index >= 15 is 0 Å². The summed E-state index contributed by atoms with van der Waals surface area (Å²) in [7, 11) is 0. The minimum absolute atomic E-state index is 0.201. The van der Waals surface area contributed by atoms with Crippen LogP contribution in [0, 0.1) is 24.2 Å². The van der Waals surface area contributed by atoms with Crippen LogP contribution in [0.4, 0.5) is 0 Å². The SMILES string of the molecule is C#CCN(CC)C(=O)C#CC. The molecule has 0 fully saturated rings. The third-order valence-corrected chi connectivity index (χ3v) is 1.18. The fraction of sp³-hybridized carbons (Fsp3) is 0.444. The molecular formula is C9H11NO. The van der Waals surface area contributed by atoms with Gasteiger partial charge in [0.1, 0.15) is 0 Å². The second kappa shape index (κ2) is 5.38. The van der Waals surface area contributed by atoms with Gasteiger partial charge in [-0.1, -0.05) is 11.8 Å². The lowest BCUT2D eigenvalue weighted by atomic mass is 10.4. The summed E-state index contributed by atoms with van der Waals surface area (Å²) in [5.74, 6) is 7.15. The molecule has 0 aliphatic rings. The van der Waals surface area contributed by atoms with Gasteiger partial charge in [0.15, 0.2) is 0 Å². The fourth-order valence-corrected chi connectivity index (χ4v) is 0.623. The zero-order chi connectivity index (χ0) is 8.69. The Labute approximate surface area is 67.6 Å². The van der Waals surface area contributed by atoms with E-state index in [1.54, 1.807) is 6.92 Å². The van der Waals surface area contributed by atoms with Gasteiger partial charge < -0.3 is 4.90 Å². The van der Waals surface area contributed by atoms with Crippen molar-refractivity contribution in [3.8, 4) is 24.2 Å². The summed E-state index contributed by atoms with van der Waals surface area (Å²) in [6, 6.07) is 0. The number of amides is 1. The summed E-state index contributed by atoms with van der Waals surface area (Å²) >= 11 is 0. The molecule has 11 heavy (non-hydrogen) atoms. The molecule has 2 heteroatoms. The van der Waals surface area contributed by atoms with Crippen LogP contribution in [0.2, 0.25) is 0 Å². The van der Waals surface area contributed by atoms with Gasteiger partial charge in [0, 0.05) is 6.54 Å². The quantitative estimate of drug-likeness (QED) is 0.523. The molecule has 0 N–H and O–H groups in total. The van der Waals surface area contributed by atoms with Gasteiger partial charge in [-0.15, -0.1) is 6.42 Å². The van der Waals surface area contributed by atoms with Gasteiger partial charge in [0.25, 0.3) is 5.91 Å². The molecule has 0 heterocycles. The Hall–Kier alpha value is -1.41. The number of carbonyl (C=O) groups excluding carboxylic acids is 1. The topological polar surface area (TPSA) is 20.3 Å². The van der Waals surface area contributed by atoms with Crippen molar-refractivity contribution in [2.24, 2.45) is 0 Å². The Kier molecular flexibility index (Phi) is 4.69. The first-order valence-corrected chi connectivity index (χ1v) is 3.41. The van der Waals surface area contributed by atoms with Crippen molar-refractivity contribution in [1.82, 2.24) is 4.90 Å². The Morgan fingerprint density at radius 1 is 1.64 bits per heavy atom. The Morgan fingerprint density at radius 3 is 2.64 bits per heavy atom. The van der Waals surface area contributed by atoms with Gasteiger partial charge >= 0.3 is 0 Å². The number of hydrogen-bond donors (Lipinski definition) is 0. The predicted molar refractivity (Wildman–Crippen MR) is 44.5 cm³/mol. The van der Waals surface area contributed by atoms with E-state index in [1.165, 1.54) is 4.90 Å². The van der Waals surface area contributed by atoms with Crippen LogP contribution in [-0.4, -0.2) is 23.9 Å². The summed E-state index contributed by atoms with van der Waals surface area (Å²) in [5.41, 5.74) is 0. The zero-order valence-corrected chi connectivity index (χ0v) is 6.85. The van der Waals surface area contributed by atoms with Crippen LogP contribution >= 0.6 is 0 Å². The Bertz CT molecular complexity index is 226. The second-order valence-electron chi connectivity index (χ2n) is 1.90. The molecule has 0 saturated carbocycles. The molecule has 0 atom stereocenters. The van der Waals surface area contributed by atoms with E-state index in [-0.39, 0.29) is 5.91 Å². The highest BCUT2D eigenvalue weighted by Crippen LogP contribution is 1.86. The summed E-state index contributed by atoms with van der Waals surface area (Å²) in [6.45, 7) is 4.44. The molecular weight excluding hydrogens is 138 g/mol. The van der Waals surface area contributed by atoms with E-state index in [4.69, 9.17) is 6.42 Å². The van der Waals surface area contributed by atoms with Gasteiger partial charge in [-0.25, -0.2) is 0 Å². The average Bonchev–Trinajstić information content (AvgIpc) is 2.00. The highest BCUT2D eigenvalue weighted by Gasteiger charge is 2.04. The van der Waals surface area contributed by atoms with Crippen LogP contribution in [-0.2, 0) is 4.79 Å². The molecule has 0 aliphatic heterocycles. The molecule has 0 saturated heterocycles. The van der Waals surface area contributed by atoms with Crippen LogP contribution in [0.1, 0.15) is 13.8 Å². The summed E-state index contributed by atoms with van der Waals surface area (Å²) in [6.07, 6.45) is 5.05. The molecule has 0 aromatic rings. The highest BCUT2D eigenvalue weighted by molar-refractivity contribution is 5.93. The van der Waals surface area contributed by atoms with E-state index in [0.717, 1.165) is 0 Å². The first-order chi connectivity index (χ1) is 5.26. The minimum atomic E-state index is -0.201. The summed E-state index contributed by atoms with van der Waals surface area (Å²) in [4.78, 5) is 12.5. The van der Waals surface area contributed by atoms with E-state index in [2.05, 4.69) is 17.8 Å². The lowest BCUT2D eigenvalue weighted by Gasteiger charge is -2.13. The number of hydrogen-bond acceptors (Lipinski definition) is 1. The van der Waals surface area contributed by atoms with Crippen LogP contribution in [0.15, 0.2) is 0 Å². The highest BCUT2D eigenvalue weighted by atomic mass is 16.2. The van der Waals surface area contributed by atoms with E-state index in [0.29, 0.717) is 13.1 Å². The maximum atomic E-state index is 11.0. The molecule has 0 rings (SSSR count). The number of terminal acetylenes is 1. The third-order valence-electron chi connectivity index (χ3n) is 1.18. The molecule has 0 spiro atoms. The normalized spacial score (nSPS) is 7.36. The Morgan fingerprint density at radius 2 is 2.27 bits per heavy atom. The van der Waals surface area contributed by atoms with Crippen LogP contribution < -0.4 is 0 Å². The molecule has 2 nitrogen and oxygen atoms in total. The predicted octanol–water partition coefficient (Wildman–Crippen LogP) is 0.491. The molecule has 0 aromatic carbocycles. The second-order valence-corrected chi connectivity index (χ2v) is 1.90. The minimum Gasteiger partial charge on any atom is -0.321 e. The molecule has 0 aromatic heterocycles. The maximum Gasteiger partial charge on any atom is 0.299 e. The van der Waals surface area contributed by atoms with E-state index < -0.39 is 0 Å². The first-order valence-electron chi connectivity index (χ1n) is 3.41. The van der Waals surface area contributed by atoms with Crippen LogP contribution in [0.5, 0.6) is 0 Å². The van der Waals surface area contributed by atoms with Crippen LogP contribution in [0.25, 0.3) is 0 Å². The van der Waals surface area contributed by atoms with Crippen molar-refractivity contribution in [2.75, 3.05) is 13.1 Å². The summed E-state index contributed by atoms with van der Waals surface area (Å²) < 4.78 is 0. The molecule has 0 aliphatic carbocycles. The molecule has 0 unspecified atom stereocenters. The molecule has 0 bridgehead atoms. The smallest absolute Gasteiger partial charge is 0.299 e. The molecule has 58 valence electrons. The van der Waals surface area contributed by atoms with Crippen LogP contribution in [0.3, 0.4) is 0 Å². The van der Waals surface area contributed by atoms with Gasteiger partial charge in [-0.05, 0) is 19.8 Å². The maximum absolute atomic E-state index is 11.0. The standard InChI is InChI=1S/C9H11NO/c1-4-7-9(11)10(6-3)8-5-2/h2H,6,8H2,1,3H3. The number of carbonyl (C=O) groups is 1. The van der Waals surface area contributed by atoms with Crippen molar-refractivity contribution >= 4 is 5.91 Å².